The van der Waals surface area contributed by atoms with Crippen LogP contribution < -0.4 is 0 Å². The normalized spacial score (nSPS) is 48.8. The van der Waals surface area contributed by atoms with Crippen molar-refractivity contribution < 1.29 is 29.3 Å². The largest absolute Gasteiger partial charge is 0.461 e. The van der Waals surface area contributed by atoms with E-state index in [1.165, 1.54) is 25.7 Å². The first kappa shape index (κ1) is 28.1. The van der Waals surface area contributed by atoms with Crippen LogP contribution in [0.25, 0.3) is 0 Å². The van der Waals surface area contributed by atoms with Crippen LogP contribution in [0.4, 0.5) is 0 Å². The Hall–Kier alpha value is -1.40. The summed E-state index contributed by atoms with van der Waals surface area (Å²) in [6.07, 6.45) is 6.32. The van der Waals surface area contributed by atoms with Gasteiger partial charge in [-0.15, -0.1) is 0 Å². The minimum Gasteiger partial charge on any atom is -0.461 e. The summed E-state index contributed by atoms with van der Waals surface area (Å²) in [5.41, 5.74) is 0.815. The number of hydrogen-bond acceptors (Lipinski definition) is 6. The van der Waals surface area contributed by atoms with Gasteiger partial charge < -0.3 is 19.7 Å². The van der Waals surface area contributed by atoms with E-state index in [0.29, 0.717) is 47.7 Å². The first-order valence-corrected chi connectivity index (χ1v) is 15.3. The summed E-state index contributed by atoms with van der Waals surface area (Å²) in [5, 5.41) is 21.6. The van der Waals surface area contributed by atoms with Crippen molar-refractivity contribution in [1.82, 2.24) is 0 Å². The molecule has 1 heterocycles. The fraction of sp³-hybridized carbons (Fsp3) is 0.875. The Balaban J connectivity index is 1.63. The topological polar surface area (TPSA) is 93.1 Å². The summed E-state index contributed by atoms with van der Waals surface area (Å²) in [6.45, 7) is 15.5. The van der Waals surface area contributed by atoms with Gasteiger partial charge in [-0.25, -0.2) is 4.79 Å². The van der Waals surface area contributed by atoms with Crippen molar-refractivity contribution in [3.8, 4) is 0 Å². The summed E-state index contributed by atoms with van der Waals surface area (Å²) in [5.74, 6) is 0.138. The average Bonchev–Trinajstić information content (AvgIpc) is 3.16. The van der Waals surface area contributed by atoms with E-state index in [-0.39, 0.29) is 29.1 Å². The number of hydrogen-bond donors (Lipinski definition) is 2. The molecule has 0 spiro atoms. The van der Waals surface area contributed by atoms with E-state index < -0.39 is 35.8 Å². The highest BCUT2D eigenvalue weighted by molar-refractivity contribution is 5.94. The molecule has 0 amide bonds. The Bertz CT molecular complexity index is 1020. The lowest BCUT2D eigenvalue weighted by Crippen LogP contribution is -2.67. The summed E-state index contributed by atoms with van der Waals surface area (Å²) in [4.78, 5) is 26.6. The van der Waals surface area contributed by atoms with Crippen molar-refractivity contribution in [2.24, 2.45) is 39.4 Å². The molecule has 1 aliphatic heterocycles. The molecule has 6 nitrogen and oxygen atoms in total. The van der Waals surface area contributed by atoms with Gasteiger partial charge in [-0.1, -0.05) is 54.4 Å². The van der Waals surface area contributed by atoms with Crippen molar-refractivity contribution in [2.75, 3.05) is 0 Å². The molecule has 5 aliphatic rings. The number of fused-ring (bicyclic) bond motifs is 6. The lowest BCUT2D eigenvalue weighted by molar-refractivity contribution is -0.232. The molecule has 5 rings (SSSR count). The Morgan fingerprint density at radius 1 is 1.05 bits per heavy atom. The summed E-state index contributed by atoms with van der Waals surface area (Å²) in [6, 6.07) is 0. The van der Waals surface area contributed by atoms with Gasteiger partial charge in [0.2, 0.25) is 0 Å². The zero-order valence-electron chi connectivity index (χ0n) is 24.6. The number of carbonyl (C=O) groups is 2. The third-order valence-corrected chi connectivity index (χ3v) is 12.8. The van der Waals surface area contributed by atoms with Crippen LogP contribution in [0.15, 0.2) is 11.1 Å². The van der Waals surface area contributed by atoms with E-state index in [1.54, 1.807) is 0 Å². The maximum absolute atomic E-state index is 13.4. The van der Waals surface area contributed by atoms with Crippen molar-refractivity contribution in [1.29, 1.82) is 0 Å². The first-order chi connectivity index (χ1) is 17.8. The minimum atomic E-state index is -0.737. The molecule has 11 atom stereocenters. The highest BCUT2D eigenvalue weighted by Gasteiger charge is 2.71. The number of rotatable bonds is 5. The number of cyclic esters (lactones) is 1. The molecule has 0 aromatic carbocycles. The molecule has 0 radical (unpaired) electrons. The maximum atomic E-state index is 13.4. The Morgan fingerprint density at radius 2 is 1.74 bits per heavy atom. The monoisotopic (exact) mass is 530 g/mol. The van der Waals surface area contributed by atoms with Gasteiger partial charge in [0.15, 0.2) is 0 Å². The summed E-state index contributed by atoms with van der Waals surface area (Å²) >= 11 is 0. The van der Waals surface area contributed by atoms with E-state index >= 15 is 0 Å². The number of aliphatic hydroxyl groups is 2. The van der Waals surface area contributed by atoms with E-state index in [1.807, 2.05) is 13.8 Å². The van der Waals surface area contributed by atoms with Crippen molar-refractivity contribution in [3.63, 3.8) is 0 Å². The third-order valence-electron chi connectivity index (χ3n) is 12.8. The summed E-state index contributed by atoms with van der Waals surface area (Å²) < 4.78 is 12.0. The molecular weight excluding hydrogens is 480 g/mol. The predicted octanol–water partition coefficient (Wildman–Crippen LogP) is 5.73. The maximum Gasteiger partial charge on any atom is 0.335 e. The predicted molar refractivity (Wildman–Crippen MR) is 145 cm³/mol. The molecule has 6 heteroatoms. The van der Waals surface area contributed by atoms with Gasteiger partial charge in [0.05, 0.1) is 24.2 Å². The zero-order valence-corrected chi connectivity index (χ0v) is 24.6. The molecule has 0 saturated heterocycles. The second kappa shape index (κ2) is 9.33. The number of esters is 2. The zero-order chi connectivity index (χ0) is 27.8. The van der Waals surface area contributed by atoms with Gasteiger partial charge >= 0.3 is 11.9 Å². The molecule has 0 aromatic rings. The highest BCUT2D eigenvalue weighted by Crippen LogP contribution is 2.74. The number of ether oxygens (including phenoxy) is 2. The van der Waals surface area contributed by atoms with Crippen molar-refractivity contribution in [2.45, 2.75) is 137 Å². The highest BCUT2D eigenvalue weighted by atomic mass is 16.6. The van der Waals surface area contributed by atoms with Gasteiger partial charge in [-0.2, -0.15) is 0 Å². The van der Waals surface area contributed by atoms with Crippen LogP contribution >= 0.6 is 0 Å². The van der Waals surface area contributed by atoms with E-state index in [4.69, 9.17) is 9.47 Å². The second-order valence-electron chi connectivity index (χ2n) is 14.5. The van der Waals surface area contributed by atoms with Crippen LogP contribution in [0.1, 0.15) is 113 Å². The lowest BCUT2D eigenvalue weighted by Gasteiger charge is -2.70. The molecule has 4 unspecified atom stereocenters. The van der Waals surface area contributed by atoms with E-state index in [0.717, 1.165) is 12.8 Å². The first-order valence-electron chi connectivity index (χ1n) is 15.3. The van der Waals surface area contributed by atoms with Crippen LogP contribution in [-0.2, 0) is 19.1 Å². The smallest absolute Gasteiger partial charge is 0.335 e. The second-order valence-corrected chi connectivity index (χ2v) is 14.5. The number of aliphatic hydroxyl groups excluding tert-OH is 2. The molecule has 214 valence electrons. The van der Waals surface area contributed by atoms with Crippen LogP contribution in [0.2, 0.25) is 0 Å². The Kier molecular flexibility index (Phi) is 6.91. The van der Waals surface area contributed by atoms with Crippen LogP contribution in [0.5, 0.6) is 0 Å². The Labute approximate surface area is 228 Å². The van der Waals surface area contributed by atoms with E-state index in [2.05, 4.69) is 34.6 Å². The van der Waals surface area contributed by atoms with Gasteiger partial charge in [-0.3, -0.25) is 4.79 Å². The standard InChI is InChI=1S/C32H50O6/c1-8-19(33)15-25(35)38-24-17-22-30(5)13-10-12-29(4,9-2)21(30)11-14-31(22,6)23-16-20(34)26-18(3)37-28(36)27(26)32(23,24)7/h18-24,33-34H,8-17H2,1-7H3/t18-,19?,20+,21?,22?,23?,24+,29-,30-,31+,32+/m0/s1. The van der Waals surface area contributed by atoms with Gasteiger partial charge in [0, 0.05) is 11.0 Å². The SMILES string of the molecule is CCC(O)CC(=O)O[C@@H]1CC2[C@@]3(C)CCC[C@](C)(CC)C3CC[C@@]2(C)C2C[C@@H](O)C3=C(C(=O)O[C@H]3C)[C@]21C. The summed E-state index contributed by atoms with van der Waals surface area (Å²) in [7, 11) is 0. The average molecular weight is 531 g/mol. The van der Waals surface area contributed by atoms with Crippen molar-refractivity contribution >= 4 is 11.9 Å². The molecule has 3 saturated carbocycles. The molecule has 2 N–H and O–H groups in total. The lowest BCUT2D eigenvalue weighted by atomic mass is 9.34. The quantitative estimate of drug-likeness (QED) is 0.441. The van der Waals surface area contributed by atoms with Gasteiger partial charge in [0.1, 0.15) is 12.2 Å². The molecule has 0 aromatic heterocycles. The van der Waals surface area contributed by atoms with Crippen LogP contribution in [-0.4, -0.2) is 46.6 Å². The van der Waals surface area contributed by atoms with Gasteiger partial charge in [-0.05, 0) is 85.9 Å². The van der Waals surface area contributed by atoms with Gasteiger partial charge in [0.25, 0.3) is 0 Å². The Morgan fingerprint density at radius 3 is 2.39 bits per heavy atom. The van der Waals surface area contributed by atoms with Crippen molar-refractivity contribution in [3.05, 3.63) is 11.1 Å². The molecule has 4 aliphatic carbocycles. The molecular formula is C32H50O6. The fourth-order valence-electron chi connectivity index (χ4n) is 10.7. The molecule has 3 fully saturated rings. The fourth-order valence-corrected chi connectivity index (χ4v) is 10.7. The van der Waals surface area contributed by atoms with Crippen LogP contribution in [0.3, 0.4) is 0 Å². The molecule has 38 heavy (non-hydrogen) atoms. The van der Waals surface area contributed by atoms with Crippen LogP contribution in [0, 0.1) is 39.4 Å². The third kappa shape index (κ3) is 3.78. The molecule has 0 bridgehead atoms. The minimum absolute atomic E-state index is 0.0122. The van der Waals surface area contributed by atoms with E-state index in [9.17, 15) is 19.8 Å². The number of carbonyl (C=O) groups excluding carboxylic acids is 2.